The number of carbonyl (C=O) groups excluding carboxylic acids is 3. The monoisotopic (exact) mass is 583 g/mol. The van der Waals surface area contributed by atoms with Gasteiger partial charge < -0.3 is 19.4 Å². The molecule has 0 unspecified atom stereocenters. The SMILES string of the molecule is CCN1C(=O)C(C)(C)C(=O)N(C)c2cc(OCCCN(CCN3CCc4ccccc4C3=O)Cc3ccncc3)ccc21. The van der Waals surface area contributed by atoms with E-state index in [1.165, 1.54) is 5.56 Å². The van der Waals surface area contributed by atoms with Gasteiger partial charge in [0.1, 0.15) is 11.2 Å². The van der Waals surface area contributed by atoms with Crippen LogP contribution in [0.15, 0.2) is 67.0 Å². The van der Waals surface area contributed by atoms with E-state index in [4.69, 9.17) is 4.74 Å². The maximum Gasteiger partial charge on any atom is 0.254 e. The van der Waals surface area contributed by atoms with Gasteiger partial charge in [-0.1, -0.05) is 18.2 Å². The molecular formula is C34H41N5O4. The van der Waals surface area contributed by atoms with Crippen LogP contribution < -0.4 is 14.5 Å². The number of amides is 3. The van der Waals surface area contributed by atoms with Crippen molar-refractivity contribution in [3.8, 4) is 5.75 Å². The molecule has 226 valence electrons. The highest BCUT2D eigenvalue weighted by atomic mass is 16.5. The van der Waals surface area contributed by atoms with E-state index >= 15 is 0 Å². The van der Waals surface area contributed by atoms with Gasteiger partial charge in [0, 0.05) is 70.3 Å². The van der Waals surface area contributed by atoms with Gasteiger partial charge in [-0.25, -0.2) is 0 Å². The molecule has 0 aliphatic carbocycles. The van der Waals surface area contributed by atoms with Crippen LogP contribution in [-0.2, 0) is 22.6 Å². The Labute approximate surface area is 254 Å². The Balaban J connectivity index is 1.22. The molecule has 0 radical (unpaired) electrons. The summed E-state index contributed by atoms with van der Waals surface area (Å²) in [4.78, 5) is 51.1. The van der Waals surface area contributed by atoms with Crippen molar-refractivity contribution >= 4 is 29.1 Å². The van der Waals surface area contributed by atoms with Crippen LogP contribution in [0.3, 0.4) is 0 Å². The topological polar surface area (TPSA) is 86.3 Å². The van der Waals surface area contributed by atoms with E-state index in [-0.39, 0.29) is 17.7 Å². The average Bonchev–Trinajstić information content (AvgIpc) is 3.07. The Morgan fingerprint density at radius 1 is 0.953 bits per heavy atom. The van der Waals surface area contributed by atoms with E-state index < -0.39 is 5.41 Å². The van der Waals surface area contributed by atoms with Crippen LogP contribution in [0.2, 0.25) is 0 Å². The zero-order chi connectivity index (χ0) is 30.6. The summed E-state index contributed by atoms with van der Waals surface area (Å²) < 4.78 is 6.15. The first kappa shape index (κ1) is 30.2. The van der Waals surface area contributed by atoms with E-state index in [1.807, 2.05) is 66.4 Å². The van der Waals surface area contributed by atoms with Crippen molar-refractivity contribution in [3.63, 3.8) is 0 Å². The van der Waals surface area contributed by atoms with Crippen molar-refractivity contribution in [1.82, 2.24) is 14.8 Å². The number of ether oxygens (including phenoxy) is 1. The number of anilines is 2. The standard InChI is InChI=1S/C34H41N5O4/c1-5-39-29-12-11-27(23-30(29)36(4)32(41)34(2,3)33(39)42)43-22-8-18-37(24-25-13-16-35-17-14-25)20-21-38-19-15-26-9-6-7-10-28(26)31(38)40/h6-7,9-14,16-17,23H,5,8,15,18-22,24H2,1-4H3. The summed E-state index contributed by atoms with van der Waals surface area (Å²) in [5.74, 6) is 0.311. The Morgan fingerprint density at radius 2 is 1.72 bits per heavy atom. The van der Waals surface area contributed by atoms with Crippen molar-refractivity contribution < 1.29 is 19.1 Å². The molecule has 0 saturated carbocycles. The molecule has 9 nitrogen and oxygen atoms in total. The number of pyridine rings is 1. The summed E-state index contributed by atoms with van der Waals surface area (Å²) in [5, 5.41) is 0. The lowest BCUT2D eigenvalue weighted by Crippen LogP contribution is -2.47. The van der Waals surface area contributed by atoms with Crippen LogP contribution >= 0.6 is 0 Å². The highest BCUT2D eigenvalue weighted by Crippen LogP contribution is 2.40. The molecule has 3 aromatic rings. The predicted octanol–water partition coefficient (Wildman–Crippen LogP) is 4.41. The quantitative estimate of drug-likeness (QED) is 0.246. The number of fused-ring (bicyclic) bond motifs is 2. The highest BCUT2D eigenvalue weighted by molar-refractivity contribution is 6.20. The molecule has 0 saturated heterocycles. The van der Waals surface area contributed by atoms with Crippen LogP contribution in [0.5, 0.6) is 5.75 Å². The number of benzene rings is 2. The van der Waals surface area contributed by atoms with Crippen LogP contribution in [0.1, 0.15) is 48.7 Å². The van der Waals surface area contributed by atoms with Gasteiger partial charge in [0.2, 0.25) is 11.8 Å². The van der Waals surface area contributed by atoms with Gasteiger partial charge in [0.15, 0.2) is 0 Å². The molecule has 5 rings (SSSR count). The Hall–Kier alpha value is -4.24. The van der Waals surface area contributed by atoms with Crippen molar-refractivity contribution in [2.24, 2.45) is 5.41 Å². The molecule has 43 heavy (non-hydrogen) atoms. The fraction of sp³-hybridized carbons (Fsp3) is 0.412. The van der Waals surface area contributed by atoms with Crippen LogP contribution in [-0.4, -0.2) is 78.9 Å². The molecule has 2 aliphatic rings. The molecule has 3 amide bonds. The number of rotatable bonds is 11. The number of hydrogen-bond acceptors (Lipinski definition) is 6. The largest absolute Gasteiger partial charge is 0.493 e. The van der Waals surface area contributed by atoms with Gasteiger partial charge >= 0.3 is 0 Å². The Morgan fingerprint density at radius 3 is 2.49 bits per heavy atom. The van der Waals surface area contributed by atoms with Gasteiger partial charge in [-0.15, -0.1) is 0 Å². The number of nitrogens with zero attached hydrogens (tertiary/aromatic N) is 5. The summed E-state index contributed by atoms with van der Waals surface area (Å²) in [5.41, 5.74) is 3.33. The van der Waals surface area contributed by atoms with E-state index in [2.05, 4.69) is 9.88 Å². The number of hydrogen-bond donors (Lipinski definition) is 0. The Bertz CT molecular complexity index is 1470. The van der Waals surface area contributed by atoms with Crippen LogP contribution in [0.25, 0.3) is 0 Å². The van der Waals surface area contributed by atoms with Gasteiger partial charge in [0.25, 0.3) is 5.91 Å². The lowest BCUT2D eigenvalue weighted by Gasteiger charge is -2.31. The normalized spacial score (nSPS) is 16.3. The predicted molar refractivity (Wildman–Crippen MR) is 167 cm³/mol. The van der Waals surface area contributed by atoms with Crippen molar-refractivity contribution in [1.29, 1.82) is 0 Å². The smallest absolute Gasteiger partial charge is 0.254 e. The molecule has 1 aromatic heterocycles. The summed E-state index contributed by atoms with van der Waals surface area (Å²) in [6.45, 7) is 9.91. The Kier molecular flexibility index (Phi) is 9.11. The van der Waals surface area contributed by atoms with Gasteiger partial charge in [-0.2, -0.15) is 0 Å². The third-order valence-corrected chi connectivity index (χ3v) is 8.45. The fourth-order valence-corrected chi connectivity index (χ4v) is 5.92. The molecule has 3 heterocycles. The zero-order valence-corrected chi connectivity index (χ0v) is 25.6. The third kappa shape index (κ3) is 6.41. The van der Waals surface area contributed by atoms with Gasteiger partial charge in [0.05, 0.1) is 18.0 Å². The molecule has 0 bridgehead atoms. The summed E-state index contributed by atoms with van der Waals surface area (Å²) >= 11 is 0. The highest BCUT2D eigenvalue weighted by Gasteiger charge is 2.45. The maximum absolute atomic E-state index is 13.2. The van der Waals surface area contributed by atoms with E-state index in [0.717, 1.165) is 50.1 Å². The second-order valence-corrected chi connectivity index (χ2v) is 11.7. The first-order valence-electron chi connectivity index (χ1n) is 15.1. The van der Waals surface area contributed by atoms with E-state index in [1.54, 1.807) is 43.1 Å². The summed E-state index contributed by atoms with van der Waals surface area (Å²) in [6.07, 6.45) is 5.26. The molecule has 2 aromatic carbocycles. The van der Waals surface area contributed by atoms with Crippen LogP contribution in [0.4, 0.5) is 11.4 Å². The fourth-order valence-electron chi connectivity index (χ4n) is 5.92. The average molecular weight is 584 g/mol. The van der Waals surface area contributed by atoms with Crippen molar-refractivity contribution in [2.75, 3.05) is 56.2 Å². The third-order valence-electron chi connectivity index (χ3n) is 8.45. The number of aromatic nitrogens is 1. The molecule has 0 atom stereocenters. The van der Waals surface area contributed by atoms with E-state index in [0.29, 0.717) is 36.8 Å². The van der Waals surface area contributed by atoms with Crippen LogP contribution in [0, 0.1) is 5.41 Å². The van der Waals surface area contributed by atoms with Crippen molar-refractivity contribution in [2.45, 2.75) is 40.2 Å². The molecule has 0 spiro atoms. The van der Waals surface area contributed by atoms with Crippen molar-refractivity contribution in [3.05, 3.63) is 83.7 Å². The molecule has 0 fully saturated rings. The molecular weight excluding hydrogens is 542 g/mol. The minimum atomic E-state index is -1.15. The second kappa shape index (κ2) is 13.0. The van der Waals surface area contributed by atoms with Gasteiger partial charge in [-0.3, -0.25) is 24.3 Å². The lowest BCUT2D eigenvalue weighted by molar-refractivity contribution is -0.137. The lowest BCUT2D eigenvalue weighted by atomic mass is 9.90. The molecule has 2 aliphatic heterocycles. The number of carbonyl (C=O) groups is 3. The summed E-state index contributed by atoms with van der Waals surface area (Å²) in [6, 6.07) is 17.5. The minimum Gasteiger partial charge on any atom is -0.493 e. The first-order chi connectivity index (χ1) is 20.7. The van der Waals surface area contributed by atoms with Gasteiger partial charge in [-0.05, 0) is 75.1 Å². The second-order valence-electron chi connectivity index (χ2n) is 11.7. The maximum atomic E-state index is 13.2. The minimum absolute atomic E-state index is 0.104. The van der Waals surface area contributed by atoms with E-state index in [9.17, 15) is 14.4 Å². The molecule has 0 N–H and O–H groups in total. The zero-order valence-electron chi connectivity index (χ0n) is 25.6. The molecule has 9 heteroatoms. The first-order valence-corrected chi connectivity index (χ1v) is 15.1. The summed E-state index contributed by atoms with van der Waals surface area (Å²) in [7, 11) is 1.71.